The van der Waals surface area contributed by atoms with Gasteiger partial charge in [0.05, 0.1) is 26.4 Å². The summed E-state index contributed by atoms with van der Waals surface area (Å²) in [6.45, 7) is 9.02. The van der Waals surface area contributed by atoms with E-state index in [1.807, 2.05) is 30.3 Å². The Bertz CT molecular complexity index is 1480. The highest BCUT2D eigenvalue weighted by atomic mass is 32.2. The van der Waals surface area contributed by atoms with Gasteiger partial charge in [-0.05, 0) is 37.0 Å². The Morgan fingerprint density at radius 2 is 0.845 bits per heavy atom. The van der Waals surface area contributed by atoms with Gasteiger partial charge in [0.15, 0.2) is 17.8 Å². The Morgan fingerprint density at radius 1 is 0.465 bits per heavy atom. The Morgan fingerprint density at radius 3 is 1.25 bits per heavy atom. The van der Waals surface area contributed by atoms with Gasteiger partial charge in [-0.3, -0.25) is 0 Å². The Kier molecular flexibility index (Phi) is 35.8. The molecule has 0 saturated carbocycles. The van der Waals surface area contributed by atoms with Crippen LogP contribution in [0.2, 0.25) is 0 Å². The molecule has 2 aliphatic heterocycles. The zero-order valence-electron chi connectivity index (χ0n) is 45.7. The monoisotopic (exact) mass is 1010 g/mol. The van der Waals surface area contributed by atoms with Crippen LogP contribution < -0.4 is 14.2 Å². The van der Waals surface area contributed by atoms with Crippen LogP contribution in [0.4, 0.5) is 0 Å². The van der Waals surface area contributed by atoms with Gasteiger partial charge in [0.25, 0.3) is 0 Å². The molecule has 0 spiro atoms. The molecule has 2 N–H and O–H groups in total. The maximum absolute atomic E-state index is 11.4. The summed E-state index contributed by atoms with van der Waals surface area (Å²) in [6, 6.07) is 13.9. The minimum atomic E-state index is -1.13. The highest BCUT2D eigenvalue weighted by Gasteiger charge is 2.49. The summed E-state index contributed by atoms with van der Waals surface area (Å²) in [6.07, 6.45) is 42.8. The largest absolute Gasteiger partial charge is 0.490 e. The molecule has 408 valence electrons. The molecule has 8 nitrogen and oxygen atoms in total. The number of aliphatic hydroxyl groups excluding tert-OH is 2. The first kappa shape index (κ1) is 61.5. The molecule has 0 amide bonds. The van der Waals surface area contributed by atoms with Gasteiger partial charge in [0, 0.05) is 11.3 Å². The third-order valence-corrected chi connectivity index (χ3v) is 15.9. The number of rotatable bonds is 46. The second-order valence-electron chi connectivity index (χ2n) is 21.1. The molecule has 2 fully saturated rings. The third kappa shape index (κ3) is 26.9. The van der Waals surface area contributed by atoms with E-state index in [2.05, 4.69) is 32.9 Å². The van der Waals surface area contributed by atoms with Crippen LogP contribution in [-0.4, -0.2) is 66.5 Å². The van der Waals surface area contributed by atoms with Gasteiger partial charge in [-0.15, -0.1) is 11.8 Å². The van der Waals surface area contributed by atoms with Gasteiger partial charge < -0.3 is 38.6 Å². The molecule has 0 aromatic heterocycles. The molecule has 6 atom stereocenters. The topological polar surface area (TPSA) is 95.8 Å². The summed E-state index contributed by atoms with van der Waals surface area (Å²) < 4.78 is 38.7. The van der Waals surface area contributed by atoms with E-state index >= 15 is 0 Å². The predicted octanol–water partition coefficient (Wildman–Crippen LogP) is 17.7. The third-order valence-electron chi connectivity index (χ3n) is 14.7. The summed E-state index contributed by atoms with van der Waals surface area (Å²) in [4.78, 5) is 0. The fraction of sp³-hybridized carbons (Fsp3) is 0.806. The van der Waals surface area contributed by atoms with Crippen molar-refractivity contribution in [3.63, 3.8) is 0 Å². The molecule has 4 rings (SSSR count). The lowest BCUT2D eigenvalue weighted by Gasteiger charge is -2.46. The number of ether oxygens (including phenoxy) is 6. The molecule has 2 aromatic rings. The normalized spacial score (nSPS) is 20.0. The van der Waals surface area contributed by atoms with Crippen molar-refractivity contribution in [3.05, 3.63) is 53.6 Å². The van der Waals surface area contributed by atoms with E-state index in [-0.39, 0.29) is 6.61 Å². The summed E-state index contributed by atoms with van der Waals surface area (Å²) >= 11 is 1.48. The first-order valence-corrected chi connectivity index (χ1v) is 31.1. The van der Waals surface area contributed by atoms with Crippen LogP contribution in [0.1, 0.15) is 269 Å². The molecular weight excluding hydrogens is 905 g/mol. The first-order valence-electron chi connectivity index (χ1n) is 30.1. The Labute approximate surface area is 439 Å². The van der Waals surface area contributed by atoms with Crippen LogP contribution in [0.15, 0.2) is 42.5 Å². The second kappa shape index (κ2) is 41.3. The van der Waals surface area contributed by atoms with Crippen LogP contribution in [0.5, 0.6) is 17.2 Å². The summed E-state index contributed by atoms with van der Waals surface area (Å²) in [5, 5.41) is 22.8. The van der Waals surface area contributed by atoms with Crippen LogP contribution in [-0.2, 0) is 20.0 Å². The van der Waals surface area contributed by atoms with Gasteiger partial charge in [-0.25, -0.2) is 0 Å². The molecule has 2 aromatic carbocycles. The molecule has 0 radical (unpaired) electrons. The maximum atomic E-state index is 11.4. The quantitative estimate of drug-likeness (QED) is 0.0629. The number of thioether (sulfide) groups is 1. The molecule has 2 aliphatic rings. The molecule has 0 unspecified atom stereocenters. The van der Waals surface area contributed by atoms with E-state index in [9.17, 15) is 10.2 Å². The van der Waals surface area contributed by atoms with Crippen LogP contribution in [0.3, 0.4) is 0 Å². The van der Waals surface area contributed by atoms with Crippen LogP contribution in [0.25, 0.3) is 0 Å². The van der Waals surface area contributed by atoms with Crippen LogP contribution in [0, 0.1) is 0 Å². The van der Waals surface area contributed by atoms with E-state index < -0.39 is 36.1 Å². The van der Waals surface area contributed by atoms with E-state index in [4.69, 9.17) is 28.4 Å². The minimum Gasteiger partial charge on any atom is -0.490 e. The lowest BCUT2D eigenvalue weighted by molar-refractivity contribution is -0.318. The van der Waals surface area contributed by atoms with Crippen molar-refractivity contribution in [3.8, 4) is 17.2 Å². The van der Waals surface area contributed by atoms with Crippen molar-refractivity contribution in [1.82, 2.24) is 0 Å². The molecule has 0 bridgehead atoms. The predicted molar refractivity (Wildman–Crippen MR) is 298 cm³/mol. The van der Waals surface area contributed by atoms with Crippen molar-refractivity contribution < 1.29 is 38.6 Å². The van der Waals surface area contributed by atoms with Crippen LogP contribution >= 0.6 is 11.8 Å². The average Bonchev–Trinajstić information content (AvgIpc) is 3.39. The highest BCUT2D eigenvalue weighted by molar-refractivity contribution is 7.99. The number of hydrogen-bond donors (Lipinski definition) is 2. The molecule has 0 aliphatic carbocycles. The molecule has 9 heteroatoms. The van der Waals surface area contributed by atoms with Crippen molar-refractivity contribution in [1.29, 1.82) is 0 Å². The SMILES string of the molecule is CCCCCCCCCCCCCCOc1cc(CS[C@H]2O[C@@H]3CO[C@@H](c4ccccc4)O[C@H]3[C@H](O)[C@H]2O)cc(OCCCCCCCCCCCCCC)c1OCCCCCCCCCCCCCC. The lowest BCUT2D eigenvalue weighted by atomic mass is 9.99. The molecule has 2 heterocycles. The number of aliphatic hydroxyl groups is 2. The summed E-state index contributed by atoms with van der Waals surface area (Å²) in [5.74, 6) is 2.72. The Balaban J connectivity index is 1.35. The van der Waals surface area contributed by atoms with Gasteiger partial charge in [0.2, 0.25) is 5.75 Å². The van der Waals surface area contributed by atoms with Crippen molar-refractivity contribution in [2.75, 3.05) is 26.4 Å². The fourth-order valence-electron chi connectivity index (χ4n) is 10.1. The standard InChI is InChI=1S/C62H106O8S/c1-4-7-10-13-16-19-22-25-28-31-34-40-45-65-54-48-52(51-71-62-58(64)57(63)60-56(69-62)50-68-61(70-60)53-43-38-37-39-44-53)49-55(66-46-41-35-32-29-26-23-20-17-14-11-8-5-2)59(54)67-47-42-36-33-30-27-24-21-18-15-12-9-6-3/h37-39,43-44,48-49,56-58,60-64H,4-36,40-42,45-47,50-51H2,1-3H3/t56-,57-,58-,60-,61-,62-/m1/s1. The van der Waals surface area contributed by atoms with E-state index in [1.54, 1.807) is 0 Å². The van der Waals surface area contributed by atoms with E-state index in [0.29, 0.717) is 25.6 Å². The lowest BCUT2D eigenvalue weighted by Crippen LogP contribution is -2.60. The van der Waals surface area contributed by atoms with E-state index in [1.165, 1.54) is 204 Å². The van der Waals surface area contributed by atoms with Gasteiger partial charge in [-0.2, -0.15) is 0 Å². The molecule has 71 heavy (non-hydrogen) atoms. The number of fused-ring (bicyclic) bond motifs is 1. The highest BCUT2D eigenvalue weighted by Crippen LogP contribution is 2.42. The van der Waals surface area contributed by atoms with Crippen molar-refractivity contribution >= 4 is 11.8 Å². The number of hydrogen-bond acceptors (Lipinski definition) is 9. The van der Waals surface area contributed by atoms with Gasteiger partial charge in [-0.1, -0.05) is 263 Å². The smallest absolute Gasteiger partial charge is 0.203 e. The average molecular weight is 1010 g/mol. The van der Waals surface area contributed by atoms with Gasteiger partial charge >= 0.3 is 0 Å². The first-order chi connectivity index (χ1) is 35.0. The van der Waals surface area contributed by atoms with E-state index in [0.717, 1.165) is 66.9 Å². The molecule has 2 saturated heterocycles. The maximum Gasteiger partial charge on any atom is 0.203 e. The molecular formula is C62H106O8S. The zero-order chi connectivity index (χ0) is 50.2. The number of benzene rings is 2. The minimum absolute atomic E-state index is 0.268. The number of unbranched alkanes of at least 4 members (excludes halogenated alkanes) is 33. The second-order valence-corrected chi connectivity index (χ2v) is 22.2. The van der Waals surface area contributed by atoms with Crippen molar-refractivity contribution in [2.45, 2.75) is 294 Å². The summed E-state index contributed by atoms with van der Waals surface area (Å²) in [5.41, 5.74) is 1.22. The summed E-state index contributed by atoms with van der Waals surface area (Å²) in [7, 11) is 0. The van der Waals surface area contributed by atoms with Gasteiger partial charge in [0.1, 0.15) is 29.9 Å². The van der Waals surface area contributed by atoms with Crippen molar-refractivity contribution in [2.24, 2.45) is 0 Å². The Hall–Kier alpha value is -2.01. The fourth-order valence-corrected chi connectivity index (χ4v) is 11.2. The zero-order valence-corrected chi connectivity index (χ0v) is 46.6.